The molecule has 1 aromatic carbocycles. The number of halogens is 2. The lowest BCUT2D eigenvalue weighted by molar-refractivity contribution is 0.486. The zero-order valence-corrected chi connectivity index (χ0v) is 19.6. The Hall–Kier alpha value is -1.29. The second-order valence-corrected chi connectivity index (χ2v) is 7.94. The molecule has 1 atom stereocenters. The minimum absolute atomic E-state index is 0. The van der Waals surface area contributed by atoms with E-state index in [4.69, 9.17) is 4.99 Å². The van der Waals surface area contributed by atoms with Gasteiger partial charge in [0.2, 0.25) is 0 Å². The molecule has 5 nitrogen and oxygen atoms in total. The topological polar surface area (TPSA) is 45.5 Å². The van der Waals surface area contributed by atoms with Crippen molar-refractivity contribution < 1.29 is 4.39 Å². The molecule has 1 fully saturated rings. The summed E-state index contributed by atoms with van der Waals surface area (Å²) in [6.07, 6.45) is 6.23. The molecule has 2 heterocycles. The summed E-state index contributed by atoms with van der Waals surface area (Å²) >= 11 is 1.75. The highest BCUT2D eigenvalue weighted by Crippen LogP contribution is 2.26. The van der Waals surface area contributed by atoms with Gasteiger partial charge in [-0.15, -0.1) is 35.7 Å². The SMILES string of the molecule is CCNC(=NCCCSc1ccc(F)cc1)N1CCC(c2cnn(C)c2)C1.I. The number of aliphatic imine (C=N–C) groups is 1. The van der Waals surface area contributed by atoms with E-state index in [2.05, 4.69) is 28.4 Å². The third kappa shape index (κ3) is 6.65. The van der Waals surface area contributed by atoms with E-state index < -0.39 is 0 Å². The highest BCUT2D eigenvalue weighted by molar-refractivity contribution is 14.0. The average molecular weight is 517 g/mol. The number of thioether (sulfide) groups is 1. The van der Waals surface area contributed by atoms with Crippen LogP contribution in [-0.2, 0) is 7.05 Å². The summed E-state index contributed by atoms with van der Waals surface area (Å²) in [7, 11) is 1.96. The molecular weight excluding hydrogens is 488 g/mol. The molecule has 1 unspecified atom stereocenters. The molecule has 1 N–H and O–H groups in total. The van der Waals surface area contributed by atoms with Gasteiger partial charge in [0, 0.05) is 50.2 Å². The van der Waals surface area contributed by atoms with Crippen LogP contribution in [0.1, 0.15) is 31.2 Å². The van der Waals surface area contributed by atoms with Gasteiger partial charge >= 0.3 is 0 Å². The Morgan fingerprint density at radius 3 is 2.82 bits per heavy atom. The summed E-state index contributed by atoms with van der Waals surface area (Å²) in [6.45, 7) is 5.79. The van der Waals surface area contributed by atoms with Crippen LogP contribution in [0.4, 0.5) is 4.39 Å². The number of aromatic nitrogens is 2. The summed E-state index contributed by atoms with van der Waals surface area (Å²) in [5, 5.41) is 7.72. The van der Waals surface area contributed by atoms with Crippen LogP contribution in [0, 0.1) is 5.82 Å². The van der Waals surface area contributed by atoms with Gasteiger partial charge in [-0.1, -0.05) is 0 Å². The first-order valence-electron chi connectivity index (χ1n) is 9.56. The number of aryl methyl sites for hydroxylation is 1. The number of rotatable bonds is 7. The Labute approximate surface area is 188 Å². The number of likely N-dealkylation sites (tertiary alicyclic amines) is 1. The molecule has 0 saturated carbocycles. The molecule has 0 amide bonds. The Bertz CT molecular complexity index is 749. The fourth-order valence-corrected chi connectivity index (χ4v) is 4.11. The van der Waals surface area contributed by atoms with Crippen molar-refractivity contribution in [2.75, 3.05) is 31.9 Å². The van der Waals surface area contributed by atoms with Crippen LogP contribution >= 0.6 is 35.7 Å². The van der Waals surface area contributed by atoms with E-state index >= 15 is 0 Å². The molecule has 8 heteroatoms. The number of hydrogen-bond acceptors (Lipinski definition) is 3. The van der Waals surface area contributed by atoms with E-state index in [9.17, 15) is 4.39 Å². The van der Waals surface area contributed by atoms with Crippen LogP contribution in [0.2, 0.25) is 0 Å². The number of guanidine groups is 1. The standard InChI is InChI=1S/C20H28FN5S.HI/c1-3-22-20(23-10-4-12-27-19-7-5-18(21)6-8-19)26-11-9-16(15-26)17-13-24-25(2)14-17;/h5-8,13-14,16H,3-4,9-12,15H2,1-2H3,(H,22,23);1H. The zero-order valence-electron chi connectivity index (χ0n) is 16.5. The second kappa shape index (κ2) is 11.6. The normalized spacial score (nSPS) is 16.9. The fourth-order valence-electron chi connectivity index (χ4n) is 3.27. The predicted molar refractivity (Wildman–Crippen MR) is 125 cm³/mol. The summed E-state index contributed by atoms with van der Waals surface area (Å²) in [5.41, 5.74) is 1.31. The molecule has 28 heavy (non-hydrogen) atoms. The van der Waals surface area contributed by atoms with E-state index in [-0.39, 0.29) is 29.8 Å². The van der Waals surface area contributed by atoms with Crippen molar-refractivity contribution in [3.05, 3.63) is 48.0 Å². The van der Waals surface area contributed by atoms with Gasteiger partial charge in [-0.25, -0.2) is 4.39 Å². The lowest BCUT2D eigenvalue weighted by atomic mass is 10.0. The molecule has 1 aliphatic heterocycles. The summed E-state index contributed by atoms with van der Waals surface area (Å²) in [6, 6.07) is 6.68. The van der Waals surface area contributed by atoms with Crippen molar-refractivity contribution in [3.8, 4) is 0 Å². The van der Waals surface area contributed by atoms with Gasteiger partial charge in [-0.05, 0) is 55.3 Å². The molecule has 0 aliphatic carbocycles. The van der Waals surface area contributed by atoms with E-state index in [1.807, 2.05) is 30.1 Å². The molecule has 154 valence electrons. The van der Waals surface area contributed by atoms with Crippen LogP contribution in [-0.4, -0.2) is 52.6 Å². The molecular formula is C20H29FIN5S. The Morgan fingerprint density at radius 1 is 1.36 bits per heavy atom. The van der Waals surface area contributed by atoms with E-state index in [1.165, 1.54) is 17.7 Å². The fraction of sp³-hybridized carbons (Fsp3) is 0.500. The maximum absolute atomic E-state index is 12.9. The van der Waals surface area contributed by atoms with E-state index in [0.29, 0.717) is 5.92 Å². The third-order valence-electron chi connectivity index (χ3n) is 4.67. The second-order valence-electron chi connectivity index (χ2n) is 6.77. The van der Waals surface area contributed by atoms with Gasteiger partial charge in [-0.2, -0.15) is 5.10 Å². The van der Waals surface area contributed by atoms with Gasteiger partial charge in [0.15, 0.2) is 5.96 Å². The Kier molecular flexibility index (Phi) is 9.57. The number of nitrogens with zero attached hydrogens (tertiary/aromatic N) is 4. The minimum Gasteiger partial charge on any atom is -0.357 e. The van der Waals surface area contributed by atoms with Crippen molar-refractivity contribution in [2.45, 2.75) is 30.6 Å². The van der Waals surface area contributed by atoms with Crippen molar-refractivity contribution in [1.82, 2.24) is 20.0 Å². The average Bonchev–Trinajstić information content (AvgIpc) is 3.31. The first kappa shape index (κ1) is 23.0. The lowest BCUT2D eigenvalue weighted by Crippen LogP contribution is -2.40. The minimum atomic E-state index is -0.186. The molecule has 1 aliphatic rings. The van der Waals surface area contributed by atoms with Gasteiger partial charge in [0.25, 0.3) is 0 Å². The number of hydrogen-bond donors (Lipinski definition) is 1. The summed E-state index contributed by atoms with van der Waals surface area (Å²) in [5.74, 6) is 2.33. The third-order valence-corrected chi connectivity index (χ3v) is 5.76. The molecule has 0 bridgehead atoms. The van der Waals surface area contributed by atoms with Crippen molar-refractivity contribution in [1.29, 1.82) is 0 Å². The van der Waals surface area contributed by atoms with Crippen LogP contribution in [0.3, 0.4) is 0 Å². The maximum atomic E-state index is 12.9. The lowest BCUT2D eigenvalue weighted by Gasteiger charge is -2.21. The quantitative estimate of drug-likeness (QED) is 0.198. The molecule has 1 saturated heterocycles. The molecule has 0 radical (unpaired) electrons. The Morgan fingerprint density at radius 2 is 2.14 bits per heavy atom. The van der Waals surface area contributed by atoms with Crippen LogP contribution < -0.4 is 5.32 Å². The van der Waals surface area contributed by atoms with Crippen LogP contribution in [0.5, 0.6) is 0 Å². The van der Waals surface area contributed by atoms with Crippen molar-refractivity contribution >= 4 is 41.7 Å². The smallest absolute Gasteiger partial charge is 0.193 e. The van der Waals surface area contributed by atoms with Crippen molar-refractivity contribution in [2.24, 2.45) is 12.0 Å². The number of nitrogens with one attached hydrogen (secondary N) is 1. The summed E-state index contributed by atoms with van der Waals surface area (Å²) in [4.78, 5) is 8.27. The molecule has 0 spiro atoms. The monoisotopic (exact) mass is 517 g/mol. The molecule has 2 aromatic rings. The zero-order chi connectivity index (χ0) is 19.1. The van der Waals surface area contributed by atoms with Gasteiger partial charge in [0.1, 0.15) is 5.82 Å². The van der Waals surface area contributed by atoms with Gasteiger partial charge < -0.3 is 10.2 Å². The van der Waals surface area contributed by atoms with Gasteiger partial charge in [0.05, 0.1) is 6.20 Å². The highest BCUT2D eigenvalue weighted by Gasteiger charge is 2.26. The van der Waals surface area contributed by atoms with E-state index in [1.54, 1.807) is 11.8 Å². The first-order valence-corrected chi connectivity index (χ1v) is 10.5. The predicted octanol–water partition coefficient (Wildman–Crippen LogP) is 4.11. The largest absolute Gasteiger partial charge is 0.357 e. The highest BCUT2D eigenvalue weighted by atomic mass is 127. The first-order chi connectivity index (χ1) is 13.2. The van der Waals surface area contributed by atoms with E-state index in [0.717, 1.165) is 55.6 Å². The molecule has 1 aromatic heterocycles. The van der Waals surface area contributed by atoms with Gasteiger partial charge in [-0.3, -0.25) is 9.67 Å². The van der Waals surface area contributed by atoms with Crippen LogP contribution in [0.15, 0.2) is 46.5 Å². The Balaban J connectivity index is 0.00000280. The molecule has 3 rings (SSSR count). The van der Waals surface area contributed by atoms with Crippen LogP contribution in [0.25, 0.3) is 0 Å². The maximum Gasteiger partial charge on any atom is 0.193 e. The summed E-state index contributed by atoms with van der Waals surface area (Å²) < 4.78 is 14.8. The van der Waals surface area contributed by atoms with Crippen molar-refractivity contribution in [3.63, 3.8) is 0 Å². The number of benzene rings is 1.